The minimum absolute atomic E-state index is 0.0547. The molecule has 220 valence electrons. The van der Waals surface area contributed by atoms with Gasteiger partial charge in [0.05, 0.1) is 13.2 Å². The molecule has 0 fully saturated rings. The molecular weight excluding hydrogens is 497 g/mol. The number of ether oxygens (including phenoxy) is 2. The summed E-state index contributed by atoms with van der Waals surface area (Å²) < 4.78 is 31.4. The molecule has 0 aliphatic carbocycles. The van der Waals surface area contributed by atoms with Crippen LogP contribution in [0, 0.1) is 0 Å². The van der Waals surface area contributed by atoms with Crippen LogP contribution in [0.3, 0.4) is 0 Å². The van der Waals surface area contributed by atoms with Crippen LogP contribution in [0.5, 0.6) is 0 Å². The fraction of sp³-hybridized carbons (Fsp3) is 0.926. The second-order valence-corrected chi connectivity index (χ2v) is 11.2. The Labute approximate surface area is 225 Å². The number of unbranched alkanes of at least 4 members (excludes halogenated alkanes) is 16. The quantitative estimate of drug-likeness (QED) is 0.0658. The highest BCUT2D eigenvalue weighted by Gasteiger charge is 2.25. The van der Waals surface area contributed by atoms with Crippen LogP contribution in [0.15, 0.2) is 0 Å². The zero-order valence-electron chi connectivity index (χ0n) is 23.5. The van der Waals surface area contributed by atoms with Gasteiger partial charge in [0.1, 0.15) is 6.61 Å². The van der Waals surface area contributed by atoms with E-state index in [2.05, 4.69) is 11.4 Å². The Hall–Kier alpha value is -0.990. The van der Waals surface area contributed by atoms with Gasteiger partial charge < -0.3 is 20.1 Å². The number of hydrogen-bond donors (Lipinski definition) is 2. The smallest absolute Gasteiger partial charge is 0.462 e. The van der Waals surface area contributed by atoms with Crippen molar-refractivity contribution >= 4 is 19.8 Å². The van der Waals surface area contributed by atoms with Gasteiger partial charge in [-0.3, -0.25) is 18.6 Å². The van der Waals surface area contributed by atoms with Gasteiger partial charge in [-0.25, -0.2) is 4.57 Å². The summed E-state index contributed by atoms with van der Waals surface area (Å²) in [5, 5.41) is 0. The first-order valence-corrected chi connectivity index (χ1v) is 15.9. The van der Waals surface area contributed by atoms with Crippen molar-refractivity contribution < 1.29 is 37.6 Å². The summed E-state index contributed by atoms with van der Waals surface area (Å²) in [6.45, 7) is 2.68. The molecule has 3 N–H and O–H groups in total. The molecule has 0 spiro atoms. The Morgan fingerprint density at radius 2 is 1.22 bits per heavy atom. The summed E-state index contributed by atoms with van der Waals surface area (Å²) in [5.74, 6) is -1.02. The molecule has 0 aliphatic heterocycles. The van der Waals surface area contributed by atoms with E-state index < -0.39 is 32.5 Å². The SMILES string of the molecule is CCCCCCCCCCCCCCCCCCCC(=O)O[C@H](COC(C)=O)COP(=O)(O)OCCN. The molecule has 0 saturated carbocycles. The van der Waals surface area contributed by atoms with Gasteiger partial charge in [-0.1, -0.05) is 110 Å². The number of hydrogen-bond acceptors (Lipinski definition) is 8. The van der Waals surface area contributed by atoms with Gasteiger partial charge in [0.15, 0.2) is 6.10 Å². The van der Waals surface area contributed by atoms with Crippen molar-refractivity contribution in [3.05, 3.63) is 0 Å². The monoisotopic (exact) mass is 551 g/mol. The van der Waals surface area contributed by atoms with Gasteiger partial charge in [-0.2, -0.15) is 0 Å². The third-order valence-corrected chi connectivity index (χ3v) is 7.04. The largest absolute Gasteiger partial charge is 0.472 e. The molecule has 0 radical (unpaired) electrons. The summed E-state index contributed by atoms with van der Waals surface area (Å²) in [5.41, 5.74) is 5.23. The number of phosphoric ester groups is 1. The summed E-state index contributed by atoms with van der Waals surface area (Å²) in [6.07, 6.45) is 20.7. The van der Waals surface area contributed by atoms with E-state index >= 15 is 0 Å². The molecule has 2 atom stereocenters. The molecule has 0 aromatic carbocycles. The molecule has 0 rings (SSSR count). The van der Waals surface area contributed by atoms with Gasteiger partial charge in [-0.15, -0.1) is 0 Å². The molecule has 0 heterocycles. The zero-order valence-corrected chi connectivity index (χ0v) is 24.4. The number of rotatable bonds is 27. The van der Waals surface area contributed by atoms with E-state index in [1.54, 1.807) is 0 Å². The first kappa shape index (κ1) is 36.0. The molecule has 0 aromatic heterocycles. The van der Waals surface area contributed by atoms with E-state index in [-0.39, 0.29) is 26.2 Å². The Morgan fingerprint density at radius 1 is 0.757 bits per heavy atom. The van der Waals surface area contributed by atoms with Crippen molar-refractivity contribution in [2.45, 2.75) is 136 Å². The van der Waals surface area contributed by atoms with Crippen LogP contribution in [0.25, 0.3) is 0 Å². The Bertz CT molecular complexity index is 605. The predicted octanol–water partition coefficient (Wildman–Crippen LogP) is 6.60. The number of esters is 2. The number of carbonyl (C=O) groups is 2. The lowest BCUT2D eigenvalue weighted by Crippen LogP contribution is -2.29. The summed E-state index contributed by atoms with van der Waals surface area (Å²) in [6, 6.07) is 0. The van der Waals surface area contributed by atoms with Crippen LogP contribution in [0.1, 0.15) is 129 Å². The Morgan fingerprint density at radius 3 is 1.65 bits per heavy atom. The molecule has 0 bridgehead atoms. The van der Waals surface area contributed by atoms with Crippen LogP contribution < -0.4 is 5.73 Å². The number of phosphoric acid groups is 1. The van der Waals surface area contributed by atoms with Crippen LogP contribution in [-0.4, -0.2) is 49.3 Å². The zero-order chi connectivity index (χ0) is 27.6. The maximum absolute atomic E-state index is 12.2. The average molecular weight is 552 g/mol. The minimum atomic E-state index is -4.32. The lowest BCUT2D eigenvalue weighted by molar-refractivity contribution is -0.160. The normalized spacial score (nSPS) is 13.7. The lowest BCUT2D eigenvalue weighted by atomic mass is 10.0. The van der Waals surface area contributed by atoms with E-state index in [9.17, 15) is 19.0 Å². The van der Waals surface area contributed by atoms with E-state index in [1.807, 2.05) is 0 Å². The molecule has 0 aliphatic rings. The lowest BCUT2D eigenvalue weighted by Gasteiger charge is -2.19. The average Bonchev–Trinajstić information content (AvgIpc) is 2.86. The Kier molecular flexibility index (Phi) is 24.6. The highest BCUT2D eigenvalue weighted by atomic mass is 31.2. The second-order valence-electron chi connectivity index (χ2n) is 9.71. The van der Waals surface area contributed by atoms with Crippen molar-refractivity contribution in [3.8, 4) is 0 Å². The van der Waals surface area contributed by atoms with Crippen LogP contribution in [0.4, 0.5) is 0 Å². The molecule has 37 heavy (non-hydrogen) atoms. The van der Waals surface area contributed by atoms with E-state index in [0.29, 0.717) is 6.42 Å². The fourth-order valence-corrected chi connectivity index (χ4v) is 4.71. The van der Waals surface area contributed by atoms with Crippen molar-refractivity contribution in [2.24, 2.45) is 5.73 Å². The van der Waals surface area contributed by atoms with Gasteiger partial charge in [-0.05, 0) is 6.42 Å². The third-order valence-electron chi connectivity index (χ3n) is 6.05. The minimum Gasteiger partial charge on any atom is -0.462 e. The van der Waals surface area contributed by atoms with E-state index in [1.165, 1.54) is 96.8 Å². The Balaban J connectivity index is 3.77. The van der Waals surface area contributed by atoms with Crippen molar-refractivity contribution in [1.29, 1.82) is 0 Å². The first-order chi connectivity index (χ1) is 17.8. The predicted molar refractivity (Wildman–Crippen MR) is 146 cm³/mol. The highest BCUT2D eigenvalue weighted by Crippen LogP contribution is 2.43. The van der Waals surface area contributed by atoms with Crippen molar-refractivity contribution in [1.82, 2.24) is 0 Å². The van der Waals surface area contributed by atoms with Crippen LogP contribution in [0.2, 0.25) is 0 Å². The third kappa shape index (κ3) is 26.4. The van der Waals surface area contributed by atoms with Gasteiger partial charge in [0.25, 0.3) is 0 Å². The number of carbonyl (C=O) groups excluding carboxylic acids is 2. The molecule has 10 heteroatoms. The topological polar surface area (TPSA) is 134 Å². The maximum Gasteiger partial charge on any atom is 0.472 e. The van der Waals surface area contributed by atoms with Crippen LogP contribution in [-0.2, 0) is 32.7 Å². The van der Waals surface area contributed by atoms with Crippen molar-refractivity contribution in [2.75, 3.05) is 26.4 Å². The highest BCUT2D eigenvalue weighted by molar-refractivity contribution is 7.47. The fourth-order valence-electron chi connectivity index (χ4n) is 3.95. The molecule has 0 aromatic rings. The summed E-state index contributed by atoms with van der Waals surface area (Å²) in [7, 11) is -4.32. The maximum atomic E-state index is 12.2. The standard InChI is InChI=1S/C27H54NO8P/c1-3-4-5-6-7-8-9-10-11-12-13-14-15-16-17-18-19-20-27(30)36-26(23-33-25(2)29)24-35-37(31,32)34-22-21-28/h26H,3-24,28H2,1-2H3,(H,31,32)/t26-/m1/s1. The van der Waals surface area contributed by atoms with Crippen LogP contribution >= 0.6 is 7.82 Å². The molecule has 9 nitrogen and oxygen atoms in total. The molecule has 0 saturated heterocycles. The summed E-state index contributed by atoms with van der Waals surface area (Å²) in [4.78, 5) is 32.8. The van der Waals surface area contributed by atoms with Gasteiger partial charge in [0.2, 0.25) is 0 Å². The van der Waals surface area contributed by atoms with E-state index in [0.717, 1.165) is 12.8 Å². The van der Waals surface area contributed by atoms with E-state index in [4.69, 9.17) is 19.7 Å². The molecule has 0 amide bonds. The molecular formula is C27H54NO8P. The van der Waals surface area contributed by atoms with Gasteiger partial charge >= 0.3 is 19.8 Å². The van der Waals surface area contributed by atoms with Crippen molar-refractivity contribution in [3.63, 3.8) is 0 Å². The second kappa shape index (κ2) is 25.3. The molecule has 1 unspecified atom stereocenters. The summed E-state index contributed by atoms with van der Waals surface area (Å²) >= 11 is 0. The van der Waals surface area contributed by atoms with Gasteiger partial charge in [0, 0.05) is 19.9 Å². The number of nitrogens with two attached hydrogens (primary N) is 1. The first-order valence-electron chi connectivity index (χ1n) is 14.5.